The smallest absolute Gasteiger partial charge is 0.203 e. The van der Waals surface area contributed by atoms with Crippen molar-refractivity contribution in [1.29, 1.82) is 0 Å². The number of carbonyl (C=O) groups excluding carboxylic acids is 1. The van der Waals surface area contributed by atoms with E-state index in [2.05, 4.69) is 27.6 Å². The Labute approximate surface area is 123 Å². The van der Waals surface area contributed by atoms with Crippen molar-refractivity contribution in [3.05, 3.63) is 63.6 Å². The Morgan fingerprint density at radius 1 is 1.11 bits per heavy atom. The number of rotatable bonds is 3. The fraction of sp³-hybridized carbons (Fsp3) is 0.0667. The second kappa shape index (κ2) is 5.13. The summed E-state index contributed by atoms with van der Waals surface area (Å²) in [6, 6.07) is 15.0. The summed E-state index contributed by atoms with van der Waals surface area (Å²) in [6.45, 7) is 0. The third-order valence-electron chi connectivity index (χ3n) is 2.82. The lowest BCUT2D eigenvalue weighted by Gasteiger charge is -2.00. The highest BCUT2D eigenvalue weighted by molar-refractivity contribution is 14.1. The first-order valence-corrected chi connectivity index (χ1v) is 6.94. The van der Waals surface area contributed by atoms with Crippen molar-refractivity contribution in [3.63, 3.8) is 0 Å². The van der Waals surface area contributed by atoms with Crippen molar-refractivity contribution in [2.45, 2.75) is 6.42 Å². The maximum Gasteiger partial charge on any atom is 0.203 e. The minimum Gasteiger partial charge on any atom is -0.440 e. The van der Waals surface area contributed by atoms with Crippen molar-refractivity contribution in [1.82, 2.24) is 4.98 Å². The molecule has 94 valence electrons. The maximum absolute atomic E-state index is 12.2. The highest BCUT2D eigenvalue weighted by atomic mass is 127. The monoisotopic (exact) mass is 363 g/mol. The van der Waals surface area contributed by atoms with Crippen LogP contribution in [0.25, 0.3) is 11.1 Å². The number of Topliss-reactive ketones (excluding diaryl/α,β-unsaturated/α-hetero) is 1. The average Bonchev–Trinajstić information content (AvgIpc) is 2.81. The lowest BCUT2D eigenvalue weighted by Crippen LogP contribution is -2.05. The number of nitrogens with zero attached hydrogens (tertiary/aromatic N) is 1. The lowest BCUT2D eigenvalue weighted by molar-refractivity contribution is 0.0985. The number of hydrogen-bond donors (Lipinski definition) is 0. The Morgan fingerprint density at radius 3 is 2.63 bits per heavy atom. The molecule has 0 saturated heterocycles. The Balaban J connectivity index is 1.89. The van der Waals surface area contributed by atoms with E-state index in [0.717, 1.165) is 9.09 Å². The summed E-state index contributed by atoms with van der Waals surface area (Å²) in [6.07, 6.45) is 0.189. The second-order valence-corrected chi connectivity index (χ2v) is 5.32. The first-order chi connectivity index (χ1) is 9.24. The minimum atomic E-state index is 0.0246. The highest BCUT2D eigenvalue weighted by Crippen LogP contribution is 2.18. The van der Waals surface area contributed by atoms with Gasteiger partial charge in [0, 0.05) is 9.13 Å². The Morgan fingerprint density at radius 2 is 1.84 bits per heavy atom. The Hall–Kier alpha value is -1.69. The van der Waals surface area contributed by atoms with Gasteiger partial charge in [-0.15, -0.1) is 0 Å². The van der Waals surface area contributed by atoms with Gasteiger partial charge in [0.05, 0.1) is 6.42 Å². The van der Waals surface area contributed by atoms with E-state index >= 15 is 0 Å². The first-order valence-electron chi connectivity index (χ1n) is 5.86. The number of oxazole rings is 1. The van der Waals surface area contributed by atoms with E-state index in [0.29, 0.717) is 17.0 Å². The molecule has 19 heavy (non-hydrogen) atoms. The number of aromatic nitrogens is 1. The predicted octanol–water partition coefficient (Wildman–Crippen LogP) is 3.86. The van der Waals surface area contributed by atoms with Gasteiger partial charge in [-0.3, -0.25) is 4.79 Å². The van der Waals surface area contributed by atoms with Crippen molar-refractivity contribution in [2.24, 2.45) is 0 Å². The van der Waals surface area contributed by atoms with Crippen LogP contribution in [0, 0.1) is 3.57 Å². The molecule has 0 aliphatic heterocycles. The molecule has 3 rings (SSSR count). The molecule has 1 heterocycles. The molecule has 0 bridgehead atoms. The van der Waals surface area contributed by atoms with Crippen LogP contribution in [0.5, 0.6) is 0 Å². The van der Waals surface area contributed by atoms with Crippen LogP contribution in [0.15, 0.2) is 52.9 Å². The summed E-state index contributed by atoms with van der Waals surface area (Å²) in [4.78, 5) is 16.5. The molecule has 0 radical (unpaired) electrons. The number of carbonyl (C=O) groups is 1. The van der Waals surface area contributed by atoms with E-state index in [9.17, 15) is 4.79 Å². The zero-order chi connectivity index (χ0) is 13.2. The molecule has 0 spiro atoms. The molecule has 0 N–H and O–H groups in total. The number of para-hydroxylation sites is 2. The van der Waals surface area contributed by atoms with Crippen molar-refractivity contribution in [3.8, 4) is 0 Å². The van der Waals surface area contributed by atoms with Gasteiger partial charge < -0.3 is 4.42 Å². The third-order valence-corrected chi connectivity index (χ3v) is 3.76. The lowest BCUT2D eigenvalue weighted by atomic mass is 10.1. The normalized spacial score (nSPS) is 10.8. The largest absolute Gasteiger partial charge is 0.440 e. The fourth-order valence-electron chi connectivity index (χ4n) is 1.92. The molecular weight excluding hydrogens is 353 g/mol. The van der Waals surface area contributed by atoms with E-state index in [-0.39, 0.29) is 12.2 Å². The van der Waals surface area contributed by atoms with Crippen LogP contribution < -0.4 is 0 Å². The predicted molar refractivity (Wildman–Crippen MR) is 81.2 cm³/mol. The van der Waals surface area contributed by atoms with Gasteiger partial charge in [0.2, 0.25) is 5.89 Å². The highest BCUT2D eigenvalue weighted by Gasteiger charge is 2.14. The SMILES string of the molecule is O=C(Cc1nc2ccccc2o1)c1ccccc1I. The van der Waals surface area contributed by atoms with Crippen LogP contribution in [0.1, 0.15) is 16.2 Å². The van der Waals surface area contributed by atoms with Gasteiger partial charge in [0.15, 0.2) is 11.4 Å². The maximum atomic E-state index is 12.2. The molecule has 0 aliphatic rings. The molecule has 0 atom stereocenters. The van der Waals surface area contributed by atoms with Gasteiger partial charge >= 0.3 is 0 Å². The van der Waals surface area contributed by atoms with Gasteiger partial charge in [-0.2, -0.15) is 0 Å². The van der Waals surface area contributed by atoms with E-state index in [4.69, 9.17) is 4.42 Å². The molecule has 3 aromatic rings. The second-order valence-electron chi connectivity index (χ2n) is 4.16. The summed E-state index contributed by atoms with van der Waals surface area (Å²) in [5, 5.41) is 0. The quantitative estimate of drug-likeness (QED) is 0.524. The van der Waals surface area contributed by atoms with Crippen LogP contribution in [0.3, 0.4) is 0 Å². The standard InChI is InChI=1S/C15H10INO2/c16-11-6-2-1-5-10(11)13(18)9-15-17-12-7-3-4-8-14(12)19-15/h1-8H,9H2. The van der Waals surface area contributed by atoms with E-state index in [1.807, 2.05) is 48.5 Å². The van der Waals surface area contributed by atoms with Crippen molar-refractivity contribution < 1.29 is 9.21 Å². The molecule has 0 fully saturated rings. The molecule has 2 aromatic carbocycles. The van der Waals surface area contributed by atoms with Gasteiger partial charge in [-0.05, 0) is 40.8 Å². The summed E-state index contributed by atoms with van der Waals surface area (Å²) in [7, 11) is 0. The van der Waals surface area contributed by atoms with Crippen molar-refractivity contribution >= 4 is 39.5 Å². The summed E-state index contributed by atoms with van der Waals surface area (Å²) >= 11 is 2.16. The number of ketones is 1. The summed E-state index contributed by atoms with van der Waals surface area (Å²) < 4.78 is 6.51. The van der Waals surface area contributed by atoms with Crippen LogP contribution in [0.4, 0.5) is 0 Å². The molecule has 0 unspecified atom stereocenters. The minimum absolute atomic E-state index is 0.0246. The Bertz CT molecular complexity index is 715. The number of halogens is 1. The van der Waals surface area contributed by atoms with E-state index < -0.39 is 0 Å². The molecular formula is C15H10INO2. The van der Waals surface area contributed by atoms with E-state index in [1.54, 1.807) is 0 Å². The molecule has 4 heteroatoms. The third kappa shape index (κ3) is 2.53. The van der Waals surface area contributed by atoms with Crippen LogP contribution in [0.2, 0.25) is 0 Å². The topological polar surface area (TPSA) is 43.1 Å². The van der Waals surface area contributed by atoms with Crippen LogP contribution >= 0.6 is 22.6 Å². The van der Waals surface area contributed by atoms with Gasteiger partial charge in [0.1, 0.15) is 5.52 Å². The summed E-state index contributed by atoms with van der Waals surface area (Å²) in [5.41, 5.74) is 2.21. The molecule has 0 saturated carbocycles. The first kappa shape index (κ1) is 12.3. The number of benzene rings is 2. The van der Waals surface area contributed by atoms with Crippen molar-refractivity contribution in [2.75, 3.05) is 0 Å². The molecule has 0 amide bonds. The molecule has 0 aliphatic carbocycles. The van der Waals surface area contributed by atoms with Gasteiger partial charge in [-0.1, -0.05) is 30.3 Å². The average molecular weight is 363 g/mol. The zero-order valence-electron chi connectivity index (χ0n) is 9.97. The van der Waals surface area contributed by atoms with Gasteiger partial charge in [0.25, 0.3) is 0 Å². The van der Waals surface area contributed by atoms with E-state index in [1.165, 1.54) is 0 Å². The van der Waals surface area contributed by atoms with Crippen LogP contribution in [-0.4, -0.2) is 10.8 Å². The summed E-state index contributed by atoms with van der Waals surface area (Å²) in [5.74, 6) is 0.488. The zero-order valence-corrected chi connectivity index (χ0v) is 12.1. The molecule has 3 nitrogen and oxygen atoms in total. The van der Waals surface area contributed by atoms with Gasteiger partial charge in [-0.25, -0.2) is 4.98 Å². The fourth-order valence-corrected chi connectivity index (χ4v) is 2.60. The number of hydrogen-bond acceptors (Lipinski definition) is 3. The molecule has 1 aromatic heterocycles. The Kier molecular flexibility index (Phi) is 3.33. The van der Waals surface area contributed by atoms with Crippen LogP contribution in [-0.2, 0) is 6.42 Å². The number of fused-ring (bicyclic) bond motifs is 1.